The van der Waals surface area contributed by atoms with Gasteiger partial charge in [-0.05, 0) is 25.2 Å². The predicted molar refractivity (Wildman–Crippen MR) is 76.9 cm³/mol. The highest BCUT2D eigenvalue weighted by atomic mass is 32.1. The van der Waals surface area contributed by atoms with Crippen LogP contribution in [0.15, 0.2) is 0 Å². The molecule has 112 valence electrons. The third kappa shape index (κ3) is 6.46. The van der Waals surface area contributed by atoms with Crippen LogP contribution < -0.4 is 10.6 Å². The molecule has 1 heterocycles. The molecule has 0 aliphatic carbocycles. The summed E-state index contributed by atoms with van der Waals surface area (Å²) in [6.45, 7) is 6.12. The number of urea groups is 1. The van der Waals surface area contributed by atoms with E-state index in [1.165, 1.54) is 0 Å². The van der Waals surface area contributed by atoms with Crippen LogP contribution in [-0.2, 0) is 4.79 Å². The van der Waals surface area contributed by atoms with Crippen LogP contribution >= 0.6 is 11.5 Å². The Morgan fingerprint density at radius 1 is 1.40 bits per heavy atom. The highest BCUT2D eigenvalue weighted by molar-refractivity contribution is 7.09. The number of carbonyl (C=O) groups excluding carboxylic acids is 1. The van der Waals surface area contributed by atoms with Gasteiger partial charge in [0.2, 0.25) is 5.13 Å². The number of aromatic nitrogens is 2. The second-order valence-corrected chi connectivity index (χ2v) is 5.83. The summed E-state index contributed by atoms with van der Waals surface area (Å²) in [5.41, 5.74) is 0. The van der Waals surface area contributed by atoms with E-state index in [0.717, 1.165) is 18.0 Å². The molecule has 1 atom stereocenters. The Balaban J connectivity index is 2.41. The van der Waals surface area contributed by atoms with Crippen molar-refractivity contribution >= 4 is 28.7 Å². The standard InChI is InChI=1S/C12H20N4O3S/c1-7(2)4-9(5-10(17)18)6-13-11(19)15-12-14-8(3)16-20-12/h7,9H,4-6H2,1-3H3,(H,17,18)(H2,13,14,15,16,19). The number of nitrogens with zero attached hydrogens (tertiary/aromatic N) is 2. The van der Waals surface area contributed by atoms with Crippen molar-refractivity contribution in [1.29, 1.82) is 0 Å². The van der Waals surface area contributed by atoms with E-state index in [2.05, 4.69) is 20.0 Å². The second-order valence-electron chi connectivity index (χ2n) is 5.08. The maximum Gasteiger partial charge on any atom is 0.321 e. The number of carboxylic acid groups (broad SMARTS) is 1. The van der Waals surface area contributed by atoms with Crippen LogP contribution in [-0.4, -0.2) is 33.0 Å². The van der Waals surface area contributed by atoms with Crippen LogP contribution in [0.1, 0.15) is 32.5 Å². The lowest BCUT2D eigenvalue weighted by Gasteiger charge is -2.17. The van der Waals surface area contributed by atoms with Crippen LogP contribution in [0.4, 0.5) is 9.93 Å². The van der Waals surface area contributed by atoms with E-state index in [4.69, 9.17) is 5.11 Å². The molecule has 3 N–H and O–H groups in total. The highest BCUT2D eigenvalue weighted by Crippen LogP contribution is 2.15. The van der Waals surface area contributed by atoms with E-state index in [-0.39, 0.29) is 18.4 Å². The molecule has 8 heteroatoms. The number of nitrogens with one attached hydrogen (secondary N) is 2. The number of anilines is 1. The minimum absolute atomic E-state index is 0.0520. The van der Waals surface area contributed by atoms with Crippen molar-refractivity contribution in [3.8, 4) is 0 Å². The summed E-state index contributed by atoms with van der Waals surface area (Å²) >= 11 is 1.11. The lowest BCUT2D eigenvalue weighted by atomic mass is 9.94. The van der Waals surface area contributed by atoms with E-state index in [1.54, 1.807) is 6.92 Å². The first-order valence-electron chi connectivity index (χ1n) is 6.43. The molecule has 0 aliphatic heterocycles. The fourth-order valence-electron chi connectivity index (χ4n) is 1.88. The molecule has 1 aromatic rings. The summed E-state index contributed by atoms with van der Waals surface area (Å²) in [5.74, 6) is 0.0656. The van der Waals surface area contributed by atoms with E-state index in [1.807, 2.05) is 13.8 Å². The Labute approximate surface area is 122 Å². The van der Waals surface area contributed by atoms with E-state index < -0.39 is 5.97 Å². The van der Waals surface area contributed by atoms with Crippen molar-refractivity contribution in [2.45, 2.75) is 33.6 Å². The second kappa shape index (κ2) is 7.78. The van der Waals surface area contributed by atoms with Gasteiger partial charge in [0, 0.05) is 24.5 Å². The van der Waals surface area contributed by atoms with Crippen LogP contribution in [0.5, 0.6) is 0 Å². The van der Waals surface area contributed by atoms with Crippen molar-refractivity contribution in [1.82, 2.24) is 14.7 Å². The fourth-order valence-corrected chi connectivity index (χ4v) is 2.45. The van der Waals surface area contributed by atoms with Crippen LogP contribution in [0.25, 0.3) is 0 Å². The number of aliphatic carboxylic acids is 1. The predicted octanol–water partition coefficient (Wildman–Crippen LogP) is 2.11. The average molecular weight is 300 g/mol. The molecule has 1 rings (SSSR count). The zero-order valence-corrected chi connectivity index (χ0v) is 12.7. The minimum Gasteiger partial charge on any atom is -0.481 e. The Morgan fingerprint density at radius 3 is 2.60 bits per heavy atom. The molecule has 1 aromatic heterocycles. The quantitative estimate of drug-likeness (QED) is 0.715. The molecule has 0 spiro atoms. The molecule has 0 saturated heterocycles. The van der Waals surface area contributed by atoms with Crippen LogP contribution in [0.3, 0.4) is 0 Å². The van der Waals surface area contributed by atoms with E-state index in [9.17, 15) is 9.59 Å². The van der Waals surface area contributed by atoms with Gasteiger partial charge in [-0.15, -0.1) is 0 Å². The fraction of sp³-hybridized carbons (Fsp3) is 0.667. The Bertz CT molecular complexity index is 461. The summed E-state index contributed by atoms with van der Waals surface area (Å²) in [6.07, 6.45) is 0.806. The van der Waals surface area contributed by atoms with Crippen molar-refractivity contribution in [2.24, 2.45) is 11.8 Å². The lowest BCUT2D eigenvalue weighted by Crippen LogP contribution is -2.34. The molecule has 0 aliphatic rings. The molecule has 2 amide bonds. The van der Waals surface area contributed by atoms with Gasteiger partial charge in [0.1, 0.15) is 5.82 Å². The molecular formula is C12H20N4O3S. The molecule has 7 nitrogen and oxygen atoms in total. The van der Waals surface area contributed by atoms with Crippen molar-refractivity contribution in [2.75, 3.05) is 11.9 Å². The van der Waals surface area contributed by atoms with Gasteiger partial charge in [-0.1, -0.05) is 13.8 Å². The zero-order valence-electron chi connectivity index (χ0n) is 11.8. The first-order valence-corrected chi connectivity index (χ1v) is 7.21. The van der Waals surface area contributed by atoms with Gasteiger partial charge in [0.15, 0.2) is 0 Å². The Hall–Kier alpha value is -1.70. The number of hydrogen-bond acceptors (Lipinski definition) is 5. The van der Waals surface area contributed by atoms with Crippen molar-refractivity contribution in [3.05, 3.63) is 5.82 Å². The molecule has 0 fully saturated rings. The maximum atomic E-state index is 11.7. The maximum absolute atomic E-state index is 11.7. The van der Waals surface area contributed by atoms with Gasteiger partial charge in [-0.2, -0.15) is 4.37 Å². The third-order valence-electron chi connectivity index (χ3n) is 2.57. The first-order chi connectivity index (χ1) is 9.36. The number of carboxylic acids is 1. The topological polar surface area (TPSA) is 104 Å². The summed E-state index contributed by atoms with van der Waals surface area (Å²) < 4.78 is 3.95. The molecule has 20 heavy (non-hydrogen) atoms. The lowest BCUT2D eigenvalue weighted by molar-refractivity contribution is -0.138. The minimum atomic E-state index is -0.849. The highest BCUT2D eigenvalue weighted by Gasteiger charge is 2.16. The average Bonchev–Trinajstić information content (AvgIpc) is 2.70. The summed E-state index contributed by atoms with van der Waals surface area (Å²) in [4.78, 5) is 26.5. The summed E-state index contributed by atoms with van der Waals surface area (Å²) in [6, 6.07) is -0.389. The number of carbonyl (C=O) groups is 2. The van der Waals surface area contributed by atoms with E-state index >= 15 is 0 Å². The first kappa shape index (κ1) is 16.4. The SMILES string of the molecule is Cc1nsc(NC(=O)NCC(CC(=O)O)CC(C)C)n1. The van der Waals surface area contributed by atoms with Gasteiger partial charge in [0.05, 0.1) is 0 Å². The largest absolute Gasteiger partial charge is 0.481 e. The Morgan fingerprint density at radius 2 is 2.10 bits per heavy atom. The smallest absolute Gasteiger partial charge is 0.321 e. The molecule has 0 bridgehead atoms. The number of amides is 2. The van der Waals surface area contributed by atoms with Crippen molar-refractivity contribution in [3.63, 3.8) is 0 Å². The number of rotatable bonds is 7. The zero-order chi connectivity index (χ0) is 15.1. The molecule has 0 saturated carbocycles. The molecular weight excluding hydrogens is 280 g/mol. The van der Waals surface area contributed by atoms with E-state index in [0.29, 0.717) is 23.4 Å². The van der Waals surface area contributed by atoms with Crippen LogP contribution in [0.2, 0.25) is 0 Å². The number of aryl methyl sites for hydroxylation is 1. The van der Waals surface area contributed by atoms with Gasteiger partial charge < -0.3 is 10.4 Å². The third-order valence-corrected chi connectivity index (χ3v) is 3.29. The van der Waals surface area contributed by atoms with Gasteiger partial charge in [0.25, 0.3) is 0 Å². The molecule has 0 radical (unpaired) electrons. The van der Waals surface area contributed by atoms with Crippen LogP contribution in [0, 0.1) is 18.8 Å². The number of hydrogen-bond donors (Lipinski definition) is 3. The normalized spacial score (nSPS) is 12.2. The van der Waals surface area contributed by atoms with Gasteiger partial charge in [-0.25, -0.2) is 9.78 Å². The molecule has 1 unspecified atom stereocenters. The van der Waals surface area contributed by atoms with Gasteiger partial charge in [-0.3, -0.25) is 10.1 Å². The Kier molecular flexibility index (Phi) is 6.37. The molecule has 0 aromatic carbocycles. The summed E-state index contributed by atoms with van der Waals surface area (Å²) in [7, 11) is 0. The van der Waals surface area contributed by atoms with Crippen molar-refractivity contribution < 1.29 is 14.7 Å². The monoisotopic (exact) mass is 300 g/mol. The van der Waals surface area contributed by atoms with Gasteiger partial charge >= 0.3 is 12.0 Å². The summed E-state index contributed by atoms with van der Waals surface area (Å²) in [5, 5.41) is 14.5.